The Bertz CT molecular complexity index is 1160. The van der Waals surface area contributed by atoms with Gasteiger partial charge in [0.1, 0.15) is 23.4 Å². The van der Waals surface area contributed by atoms with Crippen LogP contribution in [0.5, 0.6) is 5.75 Å². The van der Waals surface area contributed by atoms with Crippen LogP contribution in [-0.4, -0.2) is 36.2 Å². The fourth-order valence-corrected chi connectivity index (χ4v) is 3.71. The van der Waals surface area contributed by atoms with Gasteiger partial charge in [-0.25, -0.2) is 8.57 Å². The molecule has 0 bridgehead atoms. The molecular weight excluding hydrogens is 423 g/mol. The first-order chi connectivity index (χ1) is 14.8. The van der Waals surface area contributed by atoms with Crippen LogP contribution < -0.4 is 10.5 Å². The molecule has 0 aliphatic heterocycles. The van der Waals surface area contributed by atoms with Gasteiger partial charge in [-0.05, 0) is 37.6 Å². The van der Waals surface area contributed by atoms with Gasteiger partial charge < -0.3 is 10.5 Å². The number of aromatic nitrogens is 3. The summed E-state index contributed by atoms with van der Waals surface area (Å²) in [5.74, 6) is 0.419. The van der Waals surface area contributed by atoms with E-state index < -0.39 is 16.3 Å². The maximum atomic E-state index is 13.4. The summed E-state index contributed by atoms with van der Waals surface area (Å²) in [6.45, 7) is 4.34. The molecule has 0 amide bonds. The molecule has 0 saturated carbocycles. The van der Waals surface area contributed by atoms with Crippen molar-refractivity contribution in [2.24, 2.45) is 5.73 Å². The topological polar surface area (TPSA) is 109 Å². The van der Waals surface area contributed by atoms with Gasteiger partial charge >= 0.3 is 0 Å². The van der Waals surface area contributed by atoms with Gasteiger partial charge in [-0.2, -0.15) is 23.4 Å². The summed E-state index contributed by atoms with van der Waals surface area (Å²) in [4.78, 5) is 1.56. The molecule has 3 aromatic rings. The van der Waals surface area contributed by atoms with Gasteiger partial charge in [0.25, 0.3) is 10.1 Å². The Kier molecular flexibility index (Phi) is 7.37. The van der Waals surface area contributed by atoms with E-state index in [0.717, 1.165) is 24.9 Å². The molecular formula is C21H25FN4O4S. The summed E-state index contributed by atoms with van der Waals surface area (Å²) < 4.78 is 48.6. The molecule has 1 unspecified atom stereocenters. The molecule has 1 heterocycles. The maximum absolute atomic E-state index is 13.4. The van der Waals surface area contributed by atoms with E-state index in [1.54, 1.807) is 35.1 Å². The summed E-state index contributed by atoms with van der Waals surface area (Å²) in [6.07, 6.45) is 0.662. The fraction of sp³-hybridized carbons (Fsp3) is 0.333. The van der Waals surface area contributed by atoms with Gasteiger partial charge in [0, 0.05) is 11.6 Å². The normalized spacial score (nSPS) is 13.5. The van der Waals surface area contributed by atoms with E-state index in [2.05, 4.69) is 17.1 Å². The van der Waals surface area contributed by atoms with Crippen molar-refractivity contribution in [3.8, 4) is 5.75 Å². The molecule has 10 heteroatoms. The number of hydrogen-bond acceptors (Lipinski definition) is 7. The lowest BCUT2D eigenvalue weighted by Crippen LogP contribution is -2.31. The summed E-state index contributed by atoms with van der Waals surface area (Å²) in [5, 5.41) is 8.77. The standard InChI is InChI=1S/C21H25FN4O4S/c1-3-4-11-26-24-19-10-7-17(12-20(19)25-26)29-14-16(13-22)21(23)30-31(27,28)18-8-5-15(2)6-9-18/h5-10,12-13,21H,3-4,11,14,23H2,1-2H3/b16-13-. The van der Waals surface area contributed by atoms with Crippen molar-refractivity contribution in [1.82, 2.24) is 15.0 Å². The molecule has 8 nitrogen and oxygen atoms in total. The Morgan fingerprint density at radius 3 is 2.58 bits per heavy atom. The Morgan fingerprint density at radius 2 is 1.90 bits per heavy atom. The monoisotopic (exact) mass is 448 g/mol. The van der Waals surface area contributed by atoms with E-state index in [9.17, 15) is 12.8 Å². The van der Waals surface area contributed by atoms with Crippen molar-refractivity contribution >= 4 is 21.2 Å². The molecule has 2 N–H and O–H groups in total. The third-order valence-corrected chi connectivity index (χ3v) is 5.87. The van der Waals surface area contributed by atoms with Crippen LogP contribution in [0.1, 0.15) is 25.3 Å². The molecule has 1 atom stereocenters. The Balaban J connectivity index is 1.64. The van der Waals surface area contributed by atoms with Gasteiger partial charge in [0.2, 0.25) is 0 Å². The van der Waals surface area contributed by atoms with Crippen LogP contribution in [0.25, 0.3) is 11.0 Å². The second-order valence-electron chi connectivity index (χ2n) is 7.06. The SMILES string of the molecule is CCCCn1nc2ccc(OC/C(=C/F)C(N)OS(=O)(=O)c3ccc(C)cc3)cc2n1. The number of benzene rings is 2. The largest absolute Gasteiger partial charge is 0.489 e. The van der Waals surface area contributed by atoms with Gasteiger partial charge in [-0.15, -0.1) is 0 Å². The number of hydrogen-bond donors (Lipinski definition) is 1. The molecule has 0 fully saturated rings. The first-order valence-electron chi connectivity index (χ1n) is 9.85. The summed E-state index contributed by atoms with van der Waals surface area (Å²) in [7, 11) is -4.16. The summed E-state index contributed by atoms with van der Waals surface area (Å²) >= 11 is 0. The lowest BCUT2D eigenvalue weighted by molar-refractivity contribution is 0.225. The number of aryl methyl sites for hydroxylation is 2. The van der Waals surface area contributed by atoms with Crippen molar-refractivity contribution in [3.63, 3.8) is 0 Å². The van der Waals surface area contributed by atoms with Gasteiger partial charge in [-0.1, -0.05) is 31.0 Å². The zero-order valence-electron chi connectivity index (χ0n) is 17.4. The van der Waals surface area contributed by atoms with Gasteiger partial charge in [-0.3, -0.25) is 0 Å². The second kappa shape index (κ2) is 9.99. The van der Waals surface area contributed by atoms with Crippen molar-refractivity contribution < 1.29 is 21.7 Å². The molecule has 31 heavy (non-hydrogen) atoms. The fourth-order valence-electron chi connectivity index (χ4n) is 2.73. The van der Waals surface area contributed by atoms with Crippen LogP contribution in [0.3, 0.4) is 0 Å². The van der Waals surface area contributed by atoms with E-state index >= 15 is 0 Å². The molecule has 3 rings (SSSR count). The quantitative estimate of drug-likeness (QED) is 0.374. The number of rotatable bonds is 10. The zero-order valence-corrected chi connectivity index (χ0v) is 18.2. The van der Waals surface area contributed by atoms with E-state index in [1.165, 1.54) is 12.1 Å². The highest BCUT2D eigenvalue weighted by molar-refractivity contribution is 7.86. The lowest BCUT2D eigenvalue weighted by atomic mass is 10.2. The van der Waals surface area contributed by atoms with E-state index in [-0.39, 0.29) is 23.4 Å². The molecule has 0 aliphatic carbocycles. The lowest BCUT2D eigenvalue weighted by Gasteiger charge is -2.16. The highest BCUT2D eigenvalue weighted by Crippen LogP contribution is 2.20. The van der Waals surface area contributed by atoms with E-state index in [4.69, 9.17) is 14.7 Å². The number of halogens is 1. The first-order valence-corrected chi connectivity index (χ1v) is 11.3. The third kappa shape index (κ3) is 5.87. The average Bonchev–Trinajstić information content (AvgIpc) is 3.14. The van der Waals surface area contributed by atoms with Crippen molar-refractivity contribution in [1.29, 1.82) is 0 Å². The van der Waals surface area contributed by atoms with Gasteiger partial charge in [0.15, 0.2) is 6.23 Å². The molecule has 0 aliphatic rings. The number of fused-ring (bicyclic) bond motifs is 1. The second-order valence-corrected chi connectivity index (χ2v) is 8.63. The number of ether oxygens (including phenoxy) is 1. The smallest absolute Gasteiger partial charge is 0.298 e. The zero-order chi connectivity index (χ0) is 22.4. The Morgan fingerprint density at radius 1 is 1.19 bits per heavy atom. The van der Waals surface area contributed by atoms with Crippen LogP contribution in [0, 0.1) is 6.92 Å². The molecule has 0 spiro atoms. The van der Waals surface area contributed by atoms with Crippen LogP contribution >= 0.6 is 0 Å². The highest BCUT2D eigenvalue weighted by atomic mass is 32.2. The first kappa shape index (κ1) is 22.9. The average molecular weight is 449 g/mol. The van der Waals surface area contributed by atoms with Crippen LogP contribution in [0.2, 0.25) is 0 Å². The Labute approximate surface area is 180 Å². The van der Waals surface area contributed by atoms with Crippen molar-refractivity contribution in [2.75, 3.05) is 6.61 Å². The maximum Gasteiger partial charge on any atom is 0.298 e. The number of unbranched alkanes of at least 4 members (excludes halogenated alkanes) is 1. The molecule has 1 aromatic heterocycles. The summed E-state index contributed by atoms with van der Waals surface area (Å²) in [6, 6.07) is 11.2. The van der Waals surface area contributed by atoms with Crippen LogP contribution in [-0.2, 0) is 20.8 Å². The molecule has 166 valence electrons. The molecule has 2 aromatic carbocycles. The van der Waals surface area contributed by atoms with E-state index in [0.29, 0.717) is 16.8 Å². The minimum atomic E-state index is -4.16. The molecule has 0 saturated heterocycles. The predicted molar refractivity (Wildman–Crippen MR) is 115 cm³/mol. The highest BCUT2D eigenvalue weighted by Gasteiger charge is 2.22. The number of nitrogens with two attached hydrogens (primary N) is 1. The number of nitrogens with zero attached hydrogens (tertiary/aromatic N) is 3. The third-order valence-electron chi connectivity index (χ3n) is 4.56. The van der Waals surface area contributed by atoms with Crippen molar-refractivity contribution in [2.45, 2.75) is 44.4 Å². The van der Waals surface area contributed by atoms with Crippen LogP contribution in [0.15, 0.2) is 59.3 Å². The Hall–Kier alpha value is -2.82. The van der Waals surface area contributed by atoms with E-state index in [1.807, 2.05) is 6.92 Å². The summed E-state index contributed by atoms with van der Waals surface area (Å²) in [5.41, 5.74) is 7.86. The predicted octanol–water partition coefficient (Wildman–Crippen LogP) is 3.46. The van der Waals surface area contributed by atoms with Gasteiger partial charge in [0.05, 0.1) is 17.8 Å². The minimum Gasteiger partial charge on any atom is -0.489 e. The van der Waals surface area contributed by atoms with Crippen LogP contribution in [0.4, 0.5) is 4.39 Å². The molecule has 0 radical (unpaired) electrons. The minimum absolute atomic E-state index is 0.0655. The van der Waals surface area contributed by atoms with Crippen molar-refractivity contribution in [3.05, 3.63) is 59.9 Å².